The van der Waals surface area contributed by atoms with Crippen molar-refractivity contribution < 1.29 is 4.79 Å². The van der Waals surface area contributed by atoms with Crippen LogP contribution in [-0.4, -0.2) is 11.4 Å². The van der Waals surface area contributed by atoms with Crippen LogP contribution in [0.1, 0.15) is 48.0 Å². The van der Waals surface area contributed by atoms with Gasteiger partial charge in [-0.3, -0.25) is 4.79 Å². The van der Waals surface area contributed by atoms with Crippen LogP contribution in [0.2, 0.25) is 0 Å². The van der Waals surface area contributed by atoms with Crippen molar-refractivity contribution in [3.8, 4) is 0 Å². The summed E-state index contributed by atoms with van der Waals surface area (Å²) in [4.78, 5) is 12.5. The molecular formula is C17H27NO. The van der Waals surface area contributed by atoms with Gasteiger partial charge >= 0.3 is 0 Å². The number of fused-ring (bicyclic) bond motifs is 1. The zero-order valence-corrected chi connectivity index (χ0v) is 13.1. The molecule has 0 unspecified atom stereocenters. The summed E-state index contributed by atoms with van der Waals surface area (Å²) in [5.41, 5.74) is 2.27. The van der Waals surface area contributed by atoms with Crippen LogP contribution >= 0.6 is 0 Å². The number of rotatable bonds is 2. The fourth-order valence-corrected chi connectivity index (χ4v) is 3.33. The summed E-state index contributed by atoms with van der Waals surface area (Å²) in [7, 11) is 0. The van der Waals surface area contributed by atoms with Crippen LogP contribution in [0.25, 0.3) is 0 Å². The van der Waals surface area contributed by atoms with Crippen molar-refractivity contribution >= 4 is 5.91 Å². The van der Waals surface area contributed by atoms with Crippen LogP contribution in [0, 0.1) is 23.7 Å². The molecular weight excluding hydrogens is 234 g/mol. The molecule has 1 N–H and O–H groups in total. The van der Waals surface area contributed by atoms with Crippen molar-refractivity contribution in [3.05, 3.63) is 23.3 Å². The highest BCUT2D eigenvalue weighted by molar-refractivity contribution is 5.95. The molecule has 0 heterocycles. The van der Waals surface area contributed by atoms with Crippen LogP contribution in [0.15, 0.2) is 23.3 Å². The summed E-state index contributed by atoms with van der Waals surface area (Å²) in [5.74, 6) is 2.14. The summed E-state index contributed by atoms with van der Waals surface area (Å²) in [6, 6.07) is 0. The van der Waals surface area contributed by atoms with Crippen molar-refractivity contribution in [1.29, 1.82) is 0 Å². The first-order valence-electron chi connectivity index (χ1n) is 7.41. The topological polar surface area (TPSA) is 29.1 Å². The molecule has 1 amide bonds. The van der Waals surface area contributed by atoms with Gasteiger partial charge in [0.15, 0.2) is 0 Å². The van der Waals surface area contributed by atoms with E-state index in [1.807, 2.05) is 20.8 Å². The van der Waals surface area contributed by atoms with E-state index in [1.54, 1.807) is 0 Å². The average Bonchev–Trinajstić information content (AvgIpc) is 2.26. The predicted molar refractivity (Wildman–Crippen MR) is 79.7 cm³/mol. The Labute approximate surface area is 117 Å². The number of allylic oxidation sites excluding steroid dienone is 3. The second-order valence-electron chi connectivity index (χ2n) is 7.51. The van der Waals surface area contributed by atoms with Crippen molar-refractivity contribution in [1.82, 2.24) is 5.32 Å². The van der Waals surface area contributed by atoms with Gasteiger partial charge in [0.1, 0.15) is 0 Å². The van der Waals surface area contributed by atoms with Crippen LogP contribution in [0.3, 0.4) is 0 Å². The molecule has 3 aliphatic rings. The van der Waals surface area contributed by atoms with Crippen LogP contribution < -0.4 is 5.32 Å². The van der Waals surface area contributed by atoms with E-state index in [0.717, 1.165) is 5.57 Å². The Morgan fingerprint density at radius 1 is 1.32 bits per heavy atom. The zero-order chi connectivity index (χ0) is 14.4. The van der Waals surface area contributed by atoms with Crippen LogP contribution in [-0.2, 0) is 4.79 Å². The lowest BCUT2D eigenvalue weighted by atomic mass is 9.63. The highest BCUT2D eigenvalue weighted by Crippen LogP contribution is 2.46. The van der Waals surface area contributed by atoms with Crippen molar-refractivity contribution in [2.24, 2.45) is 23.7 Å². The molecule has 2 bridgehead atoms. The quantitative estimate of drug-likeness (QED) is 0.755. The summed E-state index contributed by atoms with van der Waals surface area (Å²) >= 11 is 0. The molecule has 0 aliphatic heterocycles. The first-order chi connectivity index (χ1) is 8.69. The summed E-state index contributed by atoms with van der Waals surface area (Å²) < 4.78 is 0. The van der Waals surface area contributed by atoms with E-state index in [0.29, 0.717) is 23.7 Å². The van der Waals surface area contributed by atoms with Crippen molar-refractivity contribution in [2.45, 2.75) is 53.5 Å². The molecule has 0 saturated carbocycles. The molecule has 0 radical (unpaired) electrons. The normalized spacial score (nSPS) is 30.2. The molecule has 0 fully saturated rings. The second kappa shape index (κ2) is 4.81. The van der Waals surface area contributed by atoms with Gasteiger partial charge in [-0.2, -0.15) is 0 Å². The van der Waals surface area contributed by atoms with Gasteiger partial charge in [-0.15, -0.1) is 0 Å². The smallest absolute Gasteiger partial charge is 0.247 e. The van der Waals surface area contributed by atoms with Gasteiger partial charge in [0.25, 0.3) is 0 Å². The molecule has 2 nitrogen and oxygen atoms in total. The fourth-order valence-electron chi connectivity index (χ4n) is 3.33. The highest BCUT2D eigenvalue weighted by atomic mass is 16.1. The van der Waals surface area contributed by atoms with Gasteiger partial charge in [0.05, 0.1) is 0 Å². The number of carbonyl (C=O) groups excluding carboxylic acids is 1. The van der Waals surface area contributed by atoms with Gasteiger partial charge in [0, 0.05) is 17.0 Å². The maximum Gasteiger partial charge on any atom is 0.247 e. The Bertz CT molecular complexity index is 437. The number of hydrogen-bond acceptors (Lipinski definition) is 1. The van der Waals surface area contributed by atoms with E-state index in [9.17, 15) is 4.79 Å². The largest absolute Gasteiger partial charge is 0.348 e. The molecule has 0 spiro atoms. The lowest BCUT2D eigenvalue weighted by Gasteiger charge is -2.42. The Morgan fingerprint density at radius 2 is 1.95 bits per heavy atom. The average molecular weight is 261 g/mol. The Balaban J connectivity index is 2.24. The minimum absolute atomic E-state index is 0.122. The lowest BCUT2D eigenvalue weighted by molar-refractivity contribution is -0.119. The van der Waals surface area contributed by atoms with Gasteiger partial charge in [-0.25, -0.2) is 0 Å². The van der Waals surface area contributed by atoms with Gasteiger partial charge in [-0.05, 0) is 51.9 Å². The monoisotopic (exact) mass is 261 g/mol. The number of amides is 1. The molecule has 106 valence electrons. The molecule has 0 aromatic rings. The van der Waals surface area contributed by atoms with Gasteiger partial charge in [0.2, 0.25) is 5.91 Å². The van der Waals surface area contributed by atoms with Crippen molar-refractivity contribution in [3.63, 3.8) is 0 Å². The molecule has 3 atom stereocenters. The fraction of sp³-hybridized carbons (Fsp3) is 0.706. The second-order valence-corrected chi connectivity index (χ2v) is 7.51. The number of carbonyl (C=O) groups is 1. The number of hydrogen-bond donors (Lipinski definition) is 1. The van der Waals surface area contributed by atoms with E-state index >= 15 is 0 Å². The summed E-state index contributed by atoms with van der Waals surface area (Å²) in [6.07, 6.45) is 5.74. The van der Waals surface area contributed by atoms with Crippen molar-refractivity contribution in [2.75, 3.05) is 0 Å². The lowest BCUT2D eigenvalue weighted by Crippen LogP contribution is -2.45. The SMILES string of the molecule is CC1=C[C@@H]2C(C(=O)NC(C)(C)C)=C[C@H]1C[C@@H]2C(C)C. The molecule has 19 heavy (non-hydrogen) atoms. The Kier molecular flexibility index (Phi) is 3.63. The minimum atomic E-state index is -0.166. The number of nitrogens with one attached hydrogen (secondary N) is 1. The first-order valence-corrected chi connectivity index (χ1v) is 7.41. The van der Waals surface area contributed by atoms with E-state index in [-0.39, 0.29) is 11.4 Å². The summed E-state index contributed by atoms with van der Waals surface area (Å²) in [6.45, 7) is 12.8. The maximum atomic E-state index is 12.5. The third kappa shape index (κ3) is 2.93. The molecule has 2 heteroatoms. The third-order valence-electron chi connectivity index (χ3n) is 4.36. The molecule has 0 saturated heterocycles. The van der Waals surface area contributed by atoms with E-state index < -0.39 is 0 Å². The van der Waals surface area contributed by atoms with Gasteiger partial charge < -0.3 is 5.32 Å². The first kappa shape index (κ1) is 14.4. The molecule has 3 rings (SSSR count). The molecule has 0 aromatic carbocycles. The molecule has 3 aliphatic carbocycles. The van der Waals surface area contributed by atoms with E-state index in [1.165, 1.54) is 12.0 Å². The maximum absolute atomic E-state index is 12.5. The Morgan fingerprint density at radius 3 is 2.42 bits per heavy atom. The van der Waals surface area contributed by atoms with Crippen LogP contribution in [0.4, 0.5) is 0 Å². The predicted octanol–water partition coefficient (Wildman–Crippen LogP) is 3.70. The van der Waals surface area contributed by atoms with Gasteiger partial charge in [-0.1, -0.05) is 31.6 Å². The van der Waals surface area contributed by atoms with Crippen LogP contribution in [0.5, 0.6) is 0 Å². The molecule has 0 aromatic heterocycles. The Hall–Kier alpha value is -1.05. The summed E-state index contributed by atoms with van der Waals surface area (Å²) in [5, 5.41) is 3.11. The third-order valence-corrected chi connectivity index (χ3v) is 4.36. The van der Waals surface area contributed by atoms with E-state index in [2.05, 4.69) is 38.2 Å². The highest BCUT2D eigenvalue weighted by Gasteiger charge is 2.40. The minimum Gasteiger partial charge on any atom is -0.348 e. The zero-order valence-electron chi connectivity index (χ0n) is 13.1. The van der Waals surface area contributed by atoms with E-state index in [4.69, 9.17) is 0 Å². The standard InChI is InChI=1S/C17H27NO/c1-10(2)13-8-12-9-15(14(13)7-11(12)3)16(19)18-17(4,5)6/h7,9-10,12-14H,8H2,1-6H3,(H,18,19)/t12-,13-,14+/m1/s1.